The molecule has 0 bridgehead atoms. The van der Waals surface area contributed by atoms with Crippen LogP contribution in [0.3, 0.4) is 0 Å². The Bertz CT molecular complexity index is 887. The molecule has 0 saturated heterocycles. The van der Waals surface area contributed by atoms with Gasteiger partial charge in [-0.05, 0) is 52.0 Å². The van der Waals surface area contributed by atoms with Crippen molar-refractivity contribution in [2.45, 2.75) is 33.3 Å². The van der Waals surface area contributed by atoms with Crippen molar-refractivity contribution >= 4 is 29.1 Å². The zero-order valence-corrected chi connectivity index (χ0v) is 15.5. The van der Waals surface area contributed by atoms with Gasteiger partial charge in [0.25, 0.3) is 11.6 Å². The molecule has 0 aliphatic carbocycles. The molecule has 8 heteroatoms. The van der Waals surface area contributed by atoms with E-state index in [1.54, 1.807) is 52.0 Å². The second-order valence-electron chi connectivity index (χ2n) is 6.87. The molecule has 0 spiro atoms. The van der Waals surface area contributed by atoms with E-state index in [1.165, 1.54) is 18.2 Å². The van der Waals surface area contributed by atoms with Crippen LogP contribution in [0, 0.1) is 17.0 Å². The summed E-state index contributed by atoms with van der Waals surface area (Å²) in [5.74, 6) is -0.452. The van der Waals surface area contributed by atoms with Gasteiger partial charge >= 0.3 is 6.09 Å². The lowest BCUT2D eigenvalue weighted by Crippen LogP contribution is -2.27. The van der Waals surface area contributed by atoms with Crippen LogP contribution < -0.4 is 10.6 Å². The Morgan fingerprint density at radius 2 is 1.74 bits per heavy atom. The molecule has 0 heterocycles. The van der Waals surface area contributed by atoms with E-state index in [0.717, 1.165) is 0 Å². The number of rotatable bonds is 4. The first kappa shape index (κ1) is 19.9. The van der Waals surface area contributed by atoms with E-state index in [9.17, 15) is 19.7 Å². The highest BCUT2D eigenvalue weighted by Gasteiger charge is 2.18. The van der Waals surface area contributed by atoms with Gasteiger partial charge in [0.2, 0.25) is 0 Å². The molecule has 8 nitrogen and oxygen atoms in total. The van der Waals surface area contributed by atoms with Crippen molar-refractivity contribution in [2.75, 3.05) is 10.6 Å². The summed E-state index contributed by atoms with van der Waals surface area (Å²) in [7, 11) is 0. The van der Waals surface area contributed by atoms with E-state index in [0.29, 0.717) is 16.9 Å². The summed E-state index contributed by atoms with van der Waals surface area (Å²) in [4.78, 5) is 34.9. The van der Waals surface area contributed by atoms with Crippen molar-refractivity contribution in [1.82, 2.24) is 0 Å². The van der Waals surface area contributed by atoms with E-state index in [4.69, 9.17) is 4.74 Å². The van der Waals surface area contributed by atoms with Gasteiger partial charge in [0.1, 0.15) is 5.60 Å². The summed E-state index contributed by atoms with van der Waals surface area (Å²) in [5.41, 5.74) is 0.674. The molecule has 0 saturated carbocycles. The Morgan fingerprint density at radius 1 is 1.07 bits per heavy atom. The normalized spacial score (nSPS) is 10.8. The maximum absolute atomic E-state index is 12.5. The molecule has 0 aliphatic heterocycles. The minimum absolute atomic E-state index is 0.0758. The minimum atomic E-state index is -0.640. The van der Waals surface area contributed by atoms with Crippen molar-refractivity contribution < 1.29 is 19.2 Å². The first-order valence-electron chi connectivity index (χ1n) is 8.22. The fourth-order valence-corrected chi connectivity index (χ4v) is 2.31. The molecule has 0 fully saturated rings. The van der Waals surface area contributed by atoms with Gasteiger partial charge in [-0.15, -0.1) is 0 Å². The highest BCUT2D eigenvalue weighted by Crippen LogP contribution is 2.25. The van der Waals surface area contributed by atoms with Crippen LogP contribution in [0.4, 0.5) is 21.9 Å². The van der Waals surface area contributed by atoms with Gasteiger partial charge in [-0.25, -0.2) is 4.79 Å². The number of anilines is 2. The van der Waals surface area contributed by atoms with Crippen LogP contribution in [-0.2, 0) is 4.74 Å². The van der Waals surface area contributed by atoms with Crippen LogP contribution in [0.5, 0.6) is 0 Å². The summed E-state index contributed by atoms with van der Waals surface area (Å²) in [6.07, 6.45) is -0.630. The van der Waals surface area contributed by atoms with Crippen LogP contribution in [0.1, 0.15) is 36.7 Å². The Hall–Kier alpha value is -3.42. The predicted molar refractivity (Wildman–Crippen MR) is 102 cm³/mol. The van der Waals surface area contributed by atoms with E-state index in [-0.39, 0.29) is 11.3 Å². The summed E-state index contributed by atoms with van der Waals surface area (Å²) < 4.78 is 5.17. The summed E-state index contributed by atoms with van der Waals surface area (Å²) in [5, 5.41) is 16.2. The molecule has 0 unspecified atom stereocenters. The lowest BCUT2D eigenvalue weighted by Gasteiger charge is -2.19. The molecule has 27 heavy (non-hydrogen) atoms. The van der Waals surface area contributed by atoms with Crippen LogP contribution in [-0.4, -0.2) is 22.5 Å². The highest BCUT2D eigenvalue weighted by atomic mass is 16.6. The lowest BCUT2D eigenvalue weighted by atomic mass is 10.1. The van der Waals surface area contributed by atoms with Crippen molar-refractivity contribution in [3.8, 4) is 0 Å². The fourth-order valence-electron chi connectivity index (χ4n) is 2.31. The van der Waals surface area contributed by atoms with Gasteiger partial charge in [0.05, 0.1) is 16.2 Å². The molecular formula is C19H21N3O5. The average molecular weight is 371 g/mol. The standard InChI is InChI=1S/C19H21N3O5/c1-12-15(9-6-10-16(12)22(25)26)21-17(23)13-7-5-8-14(11-13)20-18(24)27-19(2,3)4/h5-11H,1-4H3,(H,20,24)(H,21,23). The molecular weight excluding hydrogens is 350 g/mol. The Labute approximate surface area is 156 Å². The number of hydrogen-bond donors (Lipinski definition) is 2. The third kappa shape index (κ3) is 5.53. The molecule has 0 atom stereocenters. The molecule has 2 amide bonds. The van der Waals surface area contributed by atoms with Crippen molar-refractivity contribution in [3.05, 3.63) is 63.7 Å². The van der Waals surface area contributed by atoms with Crippen LogP contribution >= 0.6 is 0 Å². The smallest absolute Gasteiger partial charge is 0.412 e. The molecule has 2 aromatic rings. The monoisotopic (exact) mass is 371 g/mol. The number of nitrogens with one attached hydrogen (secondary N) is 2. The van der Waals surface area contributed by atoms with E-state index >= 15 is 0 Å². The summed E-state index contributed by atoms with van der Waals surface area (Å²) >= 11 is 0. The Kier molecular flexibility index (Phi) is 5.79. The lowest BCUT2D eigenvalue weighted by molar-refractivity contribution is -0.385. The number of amides is 2. The van der Waals surface area contributed by atoms with Gasteiger partial charge in [0, 0.05) is 17.3 Å². The van der Waals surface area contributed by atoms with Crippen molar-refractivity contribution in [2.24, 2.45) is 0 Å². The quantitative estimate of drug-likeness (QED) is 0.607. The fraction of sp³-hybridized carbons (Fsp3) is 0.263. The highest BCUT2D eigenvalue weighted by molar-refractivity contribution is 6.05. The molecule has 2 N–H and O–H groups in total. The van der Waals surface area contributed by atoms with Gasteiger partial charge in [-0.2, -0.15) is 0 Å². The summed E-state index contributed by atoms with van der Waals surface area (Å²) in [6.45, 7) is 6.81. The molecule has 0 aliphatic rings. The molecule has 2 rings (SSSR count). The minimum Gasteiger partial charge on any atom is -0.444 e. The number of hydrogen-bond acceptors (Lipinski definition) is 5. The number of carbonyl (C=O) groups is 2. The van der Waals surface area contributed by atoms with E-state index in [1.807, 2.05) is 0 Å². The van der Waals surface area contributed by atoms with Gasteiger partial charge in [0.15, 0.2) is 0 Å². The third-order valence-corrected chi connectivity index (χ3v) is 3.52. The summed E-state index contributed by atoms with van der Waals surface area (Å²) in [6, 6.07) is 10.8. The van der Waals surface area contributed by atoms with Gasteiger partial charge < -0.3 is 10.1 Å². The second kappa shape index (κ2) is 7.86. The van der Waals surface area contributed by atoms with Crippen molar-refractivity contribution in [1.29, 1.82) is 0 Å². The molecule has 2 aromatic carbocycles. The zero-order chi connectivity index (χ0) is 20.2. The van der Waals surface area contributed by atoms with E-state index < -0.39 is 22.5 Å². The molecule has 0 aromatic heterocycles. The SMILES string of the molecule is Cc1c(NC(=O)c2cccc(NC(=O)OC(C)(C)C)c2)cccc1[N+](=O)[O-]. The average Bonchev–Trinajstić information content (AvgIpc) is 2.54. The largest absolute Gasteiger partial charge is 0.444 e. The van der Waals surface area contributed by atoms with Crippen molar-refractivity contribution in [3.63, 3.8) is 0 Å². The molecule has 0 radical (unpaired) electrons. The van der Waals surface area contributed by atoms with Crippen LogP contribution in [0.15, 0.2) is 42.5 Å². The van der Waals surface area contributed by atoms with Crippen LogP contribution in [0.2, 0.25) is 0 Å². The van der Waals surface area contributed by atoms with Gasteiger partial charge in [-0.1, -0.05) is 12.1 Å². The second-order valence-corrected chi connectivity index (χ2v) is 6.87. The Morgan fingerprint density at radius 3 is 2.37 bits per heavy atom. The topological polar surface area (TPSA) is 111 Å². The number of nitro benzene ring substituents is 1. The Balaban J connectivity index is 2.15. The van der Waals surface area contributed by atoms with Crippen LogP contribution in [0.25, 0.3) is 0 Å². The molecule has 142 valence electrons. The zero-order valence-electron chi connectivity index (χ0n) is 15.5. The first-order chi connectivity index (χ1) is 12.6. The van der Waals surface area contributed by atoms with Gasteiger partial charge in [-0.3, -0.25) is 20.2 Å². The first-order valence-corrected chi connectivity index (χ1v) is 8.22. The third-order valence-electron chi connectivity index (χ3n) is 3.52. The van der Waals surface area contributed by atoms with E-state index in [2.05, 4.69) is 10.6 Å². The number of nitrogens with zero attached hydrogens (tertiary/aromatic N) is 1. The number of nitro groups is 1. The maximum Gasteiger partial charge on any atom is 0.412 e. The number of benzene rings is 2. The number of carbonyl (C=O) groups excluding carboxylic acids is 2. The predicted octanol–water partition coefficient (Wildman–Crippen LogP) is 4.50. The number of ether oxygens (including phenoxy) is 1. The maximum atomic E-state index is 12.5.